The largest absolute Gasteiger partial charge is 0.508 e. The molecule has 0 bridgehead atoms. The van der Waals surface area contributed by atoms with Crippen LogP contribution in [0.5, 0.6) is 0 Å². The van der Waals surface area contributed by atoms with Gasteiger partial charge in [0.1, 0.15) is 6.61 Å². The summed E-state index contributed by atoms with van der Waals surface area (Å²) in [6, 6.07) is 7.51. The minimum Gasteiger partial charge on any atom is -0.435 e. The Morgan fingerprint density at radius 1 is 1.19 bits per heavy atom. The second-order valence-corrected chi connectivity index (χ2v) is 4.31. The van der Waals surface area contributed by atoms with Crippen molar-refractivity contribution in [3.05, 3.63) is 24.3 Å². The van der Waals surface area contributed by atoms with Crippen molar-refractivity contribution in [1.82, 2.24) is 0 Å². The Bertz CT molecular complexity index is 476. The molecule has 1 N–H and O–H groups in total. The number of benzene rings is 1. The number of carbonyl (C=O) groups excluding carboxylic acids is 2. The fourth-order valence-electron chi connectivity index (χ4n) is 1.89. The van der Waals surface area contributed by atoms with Gasteiger partial charge in [-0.3, -0.25) is 4.79 Å². The molecule has 0 aromatic heterocycles. The van der Waals surface area contributed by atoms with E-state index in [4.69, 9.17) is 9.47 Å². The van der Waals surface area contributed by atoms with Gasteiger partial charge in [-0.1, -0.05) is 12.1 Å². The summed E-state index contributed by atoms with van der Waals surface area (Å²) in [5.41, 5.74) is 1.63. The summed E-state index contributed by atoms with van der Waals surface area (Å²) in [7, 11) is 0. The van der Waals surface area contributed by atoms with Gasteiger partial charge in [0.2, 0.25) is 5.91 Å². The Morgan fingerprint density at radius 3 is 2.52 bits per heavy atom. The predicted molar refractivity (Wildman–Crippen MR) is 81.6 cm³/mol. The first-order chi connectivity index (χ1) is 10.1. The lowest BCUT2D eigenvalue weighted by Gasteiger charge is -2.25. The maximum Gasteiger partial charge on any atom is 0.508 e. The normalized spacial score (nSPS) is 9.86. The van der Waals surface area contributed by atoms with E-state index < -0.39 is 6.16 Å². The number of likely N-dealkylation sites (N-methyl/N-ethyl adjacent to an activating group) is 1. The van der Waals surface area contributed by atoms with Crippen LogP contribution in [0.15, 0.2) is 24.3 Å². The summed E-state index contributed by atoms with van der Waals surface area (Å²) >= 11 is 0. The number of hydrogen-bond donors (Lipinski definition) is 1. The molecule has 0 saturated carbocycles. The lowest BCUT2D eigenvalue weighted by Crippen LogP contribution is -2.29. The molecule has 0 aliphatic carbocycles. The summed E-state index contributed by atoms with van der Waals surface area (Å²) in [5, 5.41) is 2.79. The average molecular weight is 294 g/mol. The number of rotatable bonds is 7. The van der Waals surface area contributed by atoms with Crippen molar-refractivity contribution in [2.45, 2.75) is 20.8 Å². The van der Waals surface area contributed by atoms with Gasteiger partial charge in [-0.05, 0) is 26.0 Å². The molecule has 1 aromatic rings. The van der Waals surface area contributed by atoms with Gasteiger partial charge in [0.05, 0.1) is 24.5 Å². The lowest BCUT2D eigenvalue weighted by molar-refractivity contribution is -0.114. The van der Waals surface area contributed by atoms with Gasteiger partial charge in [-0.2, -0.15) is 0 Å². The van der Waals surface area contributed by atoms with Gasteiger partial charge < -0.3 is 19.7 Å². The fraction of sp³-hybridized carbons (Fsp3) is 0.467. The monoisotopic (exact) mass is 294 g/mol. The van der Waals surface area contributed by atoms with Gasteiger partial charge in [0.25, 0.3) is 0 Å². The van der Waals surface area contributed by atoms with Crippen LogP contribution >= 0.6 is 0 Å². The van der Waals surface area contributed by atoms with Gasteiger partial charge in [0, 0.05) is 13.5 Å². The Kier molecular flexibility index (Phi) is 7.08. The van der Waals surface area contributed by atoms with Crippen LogP contribution in [0.3, 0.4) is 0 Å². The number of para-hydroxylation sites is 2. The van der Waals surface area contributed by atoms with Crippen LogP contribution in [0.2, 0.25) is 0 Å². The molecular formula is C15H22N2O4. The van der Waals surface area contributed by atoms with Crippen molar-refractivity contribution in [2.24, 2.45) is 0 Å². The van der Waals surface area contributed by atoms with E-state index in [2.05, 4.69) is 5.32 Å². The molecule has 0 radical (unpaired) electrons. The molecule has 0 aliphatic rings. The molecule has 0 heterocycles. The molecule has 0 atom stereocenters. The van der Waals surface area contributed by atoms with Gasteiger partial charge in [-0.15, -0.1) is 0 Å². The molecule has 116 valence electrons. The number of anilines is 2. The van der Waals surface area contributed by atoms with Gasteiger partial charge >= 0.3 is 6.16 Å². The number of ether oxygens (including phenoxy) is 2. The highest BCUT2D eigenvalue weighted by atomic mass is 16.7. The minimum absolute atomic E-state index is 0.124. The average Bonchev–Trinajstić information content (AvgIpc) is 2.44. The van der Waals surface area contributed by atoms with Crippen molar-refractivity contribution in [1.29, 1.82) is 0 Å². The molecule has 0 fully saturated rings. The SMILES string of the molecule is CCOC(=O)OCCN(CC)c1ccccc1NC(C)=O. The molecule has 6 nitrogen and oxygen atoms in total. The van der Waals surface area contributed by atoms with Crippen molar-refractivity contribution in [3.8, 4) is 0 Å². The zero-order chi connectivity index (χ0) is 15.7. The molecule has 0 saturated heterocycles. The van der Waals surface area contributed by atoms with Crippen molar-refractivity contribution in [2.75, 3.05) is 36.5 Å². The second kappa shape index (κ2) is 8.84. The smallest absolute Gasteiger partial charge is 0.435 e. The third-order valence-electron chi connectivity index (χ3n) is 2.78. The van der Waals surface area contributed by atoms with Crippen molar-refractivity contribution in [3.63, 3.8) is 0 Å². The molecule has 1 aromatic carbocycles. The first kappa shape index (κ1) is 16.8. The molecule has 0 spiro atoms. The topological polar surface area (TPSA) is 67.9 Å². The molecule has 6 heteroatoms. The number of nitrogens with zero attached hydrogens (tertiary/aromatic N) is 1. The fourth-order valence-corrected chi connectivity index (χ4v) is 1.89. The second-order valence-electron chi connectivity index (χ2n) is 4.31. The number of nitrogens with one attached hydrogen (secondary N) is 1. The maximum atomic E-state index is 11.2. The lowest BCUT2D eigenvalue weighted by atomic mass is 10.2. The first-order valence-corrected chi connectivity index (χ1v) is 6.99. The van der Waals surface area contributed by atoms with E-state index >= 15 is 0 Å². The molecule has 1 amide bonds. The third kappa shape index (κ3) is 5.72. The van der Waals surface area contributed by atoms with E-state index in [9.17, 15) is 9.59 Å². The highest BCUT2D eigenvalue weighted by Crippen LogP contribution is 2.25. The Morgan fingerprint density at radius 2 is 1.90 bits per heavy atom. The summed E-state index contributed by atoms with van der Waals surface area (Å²) in [4.78, 5) is 24.4. The van der Waals surface area contributed by atoms with Crippen LogP contribution in [0.25, 0.3) is 0 Å². The minimum atomic E-state index is -0.663. The van der Waals surface area contributed by atoms with Crippen LogP contribution in [-0.4, -0.2) is 38.4 Å². The molecular weight excluding hydrogens is 272 g/mol. The molecule has 21 heavy (non-hydrogen) atoms. The Balaban J connectivity index is 2.67. The standard InChI is InChI=1S/C15H22N2O4/c1-4-17(10-11-21-15(19)20-5-2)14-9-7-6-8-13(14)16-12(3)18/h6-9H,4-5,10-11H2,1-3H3,(H,16,18). The van der Waals surface area contributed by atoms with E-state index in [1.165, 1.54) is 6.92 Å². The molecule has 0 unspecified atom stereocenters. The highest BCUT2D eigenvalue weighted by molar-refractivity contribution is 5.92. The summed E-state index contributed by atoms with van der Waals surface area (Å²) in [6.45, 7) is 6.95. The number of carbonyl (C=O) groups is 2. The number of hydrogen-bond acceptors (Lipinski definition) is 5. The van der Waals surface area contributed by atoms with E-state index in [-0.39, 0.29) is 12.5 Å². The van der Waals surface area contributed by atoms with Crippen LogP contribution < -0.4 is 10.2 Å². The zero-order valence-corrected chi connectivity index (χ0v) is 12.7. The van der Waals surface area contributed by atoms with E-state index in [0.29, 0.717) is 13.2 Å². The van der Waals surface area contributed by atoms with E-state index in [0.717, 1.165) is 17.9 Å². The Labute approximate surface area is 125 Å². The predicted octanol–water partition coefficient (Wildman–Crippen LogP) is 2.64. The summed E-state index contributed by atoms with van der Waals surface area (Å²) in [5.74, 6) is -0.124. The molecule has 1 rings (SSSR count). The van der Waals surface area contributed by atoms with E-state index in [1.807, 2.05) is 36.1 Å². The third-order valence-corrected chi connectivity index (χ3v) is 2.78. The van der Waals surface area contributed by atoms with E-state index in [1.54, 1.807) is 6.92 Å². The highest BCUT2D eigenvalue weighted by Gasteiger charge is 2.11. The van der Waals surface area contributed by atoms with Crippen molar-refractivity contribution >= 4 is 23.4 Å². The molecule has 0 aliphatic heterocycles. The van der Waals surface area contributed by atoms with Gasteiger partial charge in [0.15, 0.2) is 0 Å². The van der Waals surface area contributed by atoms with Crippen LogP contribution in [0, 0.1) is 0 Å². The van der Waals surface area contributed by atoms with Crippen LogP contribution in [0.4, 0.5) is 16.2 Å². The quantitative estimate of drug-likeness (QED) is 0.783. The summed E-state index contributed by atoms with van der Waals surface area (Å²) in [6.07, 6.45) is -0.663. The van der Waals surface area contributed by atoms with Crippen LogP contribution in [0.1, 0.15) is 20.8 Å². The Hall–Kier alpha value is -2.24. The number of amides is 1. The summed E-state index contributed by atoms with van der Waals surface area (Å²) < 4.78 is 9.67. The first-order valence-electron chi connectivity index (χ1n) is 6.99. The maximum absolute atomic E-state index is 11.2. The van der Waals surface area contributed by atoms with Crippen LogP contribution in [-0.2, 0) is 14.3 Å². The van der Waals surface area contributed by atoms with Gasteiger partial charge in [-0.25, -0.2) is 4.79 Å². The van der Waals surface area contributed by atoms with Crippen molar-refractivity contribution < 1.29 is 19.1 Å². The zero-order valence-electron chi connectivity index (χ0n) is 12.7.